The summed E-state index contributed by atoms with van der Waals surface area (Å²) in [5.41, 5.74) is 1.90. The molecule has 4 nitrogen and oxygen atoms in total. The van der Waals surface area contributed by atoms with Crippen LogP contribution in [0.1, 0.15) is 28.8 Å². The van der Waals surface area contributed by atoms with E-state index in [4.69, 9.17) is 0 Å². The van der Waals surface area contributed by atoms with E-state index in [9.17, 15) is 9.90 Å². The van der Waals surface area contributed by atoms with Crippen molar-refractivity contribution in [3.8, 4) is 0 Å². The first kappa shape index (κ1) is 14.5. The number of nitrogens with zero attached hydrogens (tertiary/aromatic N) is 2. The lowest BCUT2D eigenvalue weighted by Crippen LogP contribution is -2.50. The summed E-state index contributed by atoms with van der Waals surface area (Å²) in [6, 6.07) is 7.78. The van der Waals surface area contributed by atoms with Crippen molar-refractivity contribution in [2.24, 2.45) is 5.92 Å². The number of aliphatic hydroxyl groups excluding tert-OH is 1. The lowest BCUT2D eigenvalue weighted by molar-refractivity contribution is 0.0488. The highest BCUT2D eigenvalue weighted by Gasteiger charge is 2.32. The largest absolute Gasteiger partial charge is 0.392 e. The average molecular weight is 288 g/mol. The van der Waals surface area contributed by atoms with Gasteiger partial charge in [0.05, 0.1) is 6.10 Å². The fraction of sp³-hybridized carbons (Fsp3) is 0.588. The van der Waals surface area contributed by atoms with E-state index in [-0.39, 0.29) is 12.0 Å². The van der Waals surface area contributed by atoms with E-state index < -0.39 is 0 Å². The van der Waals surface area contributed by atoms with Crippen molar-refractivity contribution in [2.45, 2.75) is 25.9 Å². The molecule has 1 atom stereocenters. The molecule has 1 aromatic rings. The van der Waals surface area contributed by atoms with Gasteiger partial charge in [-0.2, -0.15) is 0 Å². The van der Waals surface area contributed by atoms with E-state index >= 15 is 0 Å². The van der Waals surface area contributed by atoms with Crippen LogP contribution >= 0.6 is 0 Å². The molecule has 1 unspecified atom stereocenters. The molecule has 1 heterocycles. The Morgan fingerprint density at radius 2 is 2.00 bits per heavy atom. The summed E-state index contributed by atoms with van der Waals surface area (Å²) >= 11 is 0. The first-order valence-corrected chi connectivity index (χ1v) is 7.90. The van der Waals surface area contributed by atoms with E-state index in [1.807, 2.05) is 36.1 Å². The molecule has 1 aromatic carbocycles. The van der Waals surface area contributed by atoms with Gasteiger partial charge in [0.15, 0.2) is 0 Å². The Bertz CT molecular complexity index is 505. The number of carbonyl (C=O) groups excluding carboxylic acids is 1. The van der Waals surface area contributed by atoms with Crippen LogP contribution in [0, 0.1) is 12.8 Å². The molecular formula is C17H24N2O2. The minimum absolute atomic E-state index is 0.126. The third-order valence-corrected chi connectivity index (χ3v) is 4.54. The van der Waals surface area contributed by atoms with Crippen molar-refractivity contribution >= 4 is 5.91 Å². The third kappa shape index (κ3) is 3.63. The number of aryl methyl sites for hydroxylation is 1. The Hall–Kier alpha value is -1.39. The lowest BCUT2D eigenvalue weighted by Gasteiger charge is -2.35. The third-order valence-electron chi connectivity index (χ3n) is 4.54. The Balaban J connectivity index is 1.51. The van der Waals surface area contributed by atoms with E-state index in [1.54, 1.807) is 0 Å². The maximum atomic E-state index is 12.5. The minimum atomic E-state index is -0.177. The van der Waals surface area contributed by atoms with E-state index in [0.717, 1.165) is 43.9 Å². The zero-order chi connectivity index (χ0) is 14.8. The summed E-state index contributed by atoms with van der Waals surface area (Å²) in [4.78, 5) is 16.7. The van der Waals surface area contributed by atoms with Gasteiger partial charge in [-0.3, -0.25) is 9.69 Å². The molecule has 4 heteroatoms. The van der Waals surface area contributed by atoms with Gasteiger partial charge in [-0.25, -0.2) is 0 Å². The highest BCUT2D eigenvalue weighted by Crippen LogP contribution is 2.32. The Labute approximate surface area is 126 Å². The van der Waals surface area contributed by atoms with Crippen LogP contribution in [-0.4, -0.2) is 59.6 Å². The van der Waals surface area contributed by atoms with Crippen molar-refractivity contribution in [1.82, 2.24) is 9.80 Å². The molecule has 114 valence electrons. The first-order valence-electron chi connectivity index (χ1n) is 7.90. The first-order chi connectivity index (χ1) is 10.1. The predicted molar refractivity (Wildman–Crippen MR) is 82.3 cm³/mol. The summed E-state index contributed by atoms with van der Waals surface area (Å²) in [6.45, 7) is 6.00. The number of rotatable bonds is 4. The Morgan fingerprint density at radius 3 is 2.62 bits per heavy atom. The molecule has 2 aliphatic rings. The number of hydrogen-bond donors (Lipinski definition) is 1. The zero-order valence-corrected chi connectivity index (χ0v) is 12.7. The maximum absolute atomic E-state index is 12.5. The summed E-state index contributed by atoms with van der Waals surface area (Å²) < 4.78 is 0. The molecule has 21 heavy (non-hydrogen) atoms. The van der Waals surface area contributed by atoms with Crippen molar-refractivity contribution < 1.29 is 9.90 Å². The molecule has 0 aromatic heterocycles. The molecule has 0 radical (unpaired) electrons. The SMILES string of the molecule is Cc1cccc(C(=O)N2CCN(CC(O)C3CC3)CC2)c1. The second-order valence-corrected chi connectivity index (χ2v) is 6.37. The predicted octanol–water partition coefficient (Wildman–Crippen LogP) is 1.52. The minimum Gasteiger partial charge on any atom is -0.392 e. The molecular weight excluding hydrogens is 264 g/mol. The van der Waals surface area contributed by atoms with Crippen LogP contribution in [0.3, 0.4) is 0 Å². The van der Waals surface area contributed by atoms with Crippen LogP contribution in [0.25, 0.3) is 0 Å². The number of piperazine rings is 1. The van der Waals surface area contributed by atoms with Gasteiger partial charge in [0, 0.05) is 38.3 Å². The Kier molecular flexibility index (Phi) is 4.27. The lowest BCUT2D eigenvalue weighted by atomic mass is 10.1. The van der Waals surface area contributed by atoms with Crippen LogP contribution in [0.2, 0.25) is 0 Å². The number of carbonyl (C=O) groups is 1. The highest BCUT2D eigenvalue weighted by atomic mass is 16.3. The number of aliphatic hydroxyl groups is 1. The van der Waals surface area contributed by atoms with Crippen LogP contribution in [0.15, 0.2) is 24.3 Å². The maximum Gasteiger partial charge on any atom is 0.253 e. The van der Waals surface area contributed by atoms with E-state index in [1.165, 1.54) is 12.8 Å². The second kappa shape index (κ2) is 6.16. The van der Waals surface area contributed by atoms with Gasteiger partial charge in [0.2, 0.25) is 0 Å². The van der Waals surface area contributed by atoms with Gasteiger partial charge in [-0.1, -0.05) is 17.7 Å². The molecule has 1 saturated carbocycles. The van der Waals surface area contributed by atoms with E-state index in [0.29, 0.717) is 5.92 Å². The van der Waals surface area contributed by atoms with Crippen molar-refractivity contribution in [3.63, 3.8) is 0 Å². The molecule has 3 rings (SSSR count). The van der Waals surface area contributed by atoms with Crippen molar-refractivity contribution in [2.75, 3.05) is 32.7 Å². The highest BCUT2D eigenvalue weighted by molar-refractivity contribution is 5.94. The van der Waals surface area contributed by atoms with Crippen LogP contribution < -0.4 is 0 Å². The molecule has 1 N–H and O–H groups in total. The monoisotopic (exact) mass is 288 g/mol. The van der Waals surface area contributed by atoms with Gasteiger partial charge in [0.25, 0.3) is 5.91 Å². The summed E-state index contributed by atoms with van der Waals surface area (Å²) in [5, 5.41) is 10.0. The fourth-order valence-electron chi connectivity index (χ4n) is 2.99. The number of β-amino-alcohol motifs (C(OH)–C–C–N with tert-alkyl or cyclic N) is 1. The topological polar surface area (TPSA) is 43.8 Å². The second-order valence-electron chi connectivity index (χ2n) is 6.37. The molecule has 0 bridgehead atoms. The molecule has 0 spiro atoms. The van der Waals surface area contributed by atoms with Gasteiger partial charge in [-0.15, -0.1) is 0 Å². The van der Waals surface area contributed by atoms with Crippen LogP contribution in [0.4, 0.5) is 0 Å². The molecule has 1 amide bonds. The number of hydrogen-bond acceptors (Lipinski definition) is 3. The molecule has 2 fully saturated rings. The van der Waals surface area contributed by atoms with Gasteiger partial charge in [-0.05, 0) is 37.8 Å². The molecule has 1 aliphatic carbocycles. The number of amides is 1. The molecule has 1 aliphatic heterocycles. The Morgan fingerprint density at radius 1 is 1.29 bits per heavy atom. The standard InChI is InChI=1S/C17H24N2O2/c1-13-3-2-4-15(11-13)17(21)19-9-7-18(8-10-19)12-16(20)14-5-6-14/h2-4,11,14,16,20H,5-10,12H2,1H3. The number of benzene rings is 1. The molecule has 1 saturated heterocycles. The van der Waals surface area contributed by atoms with Gasteiger partial charge in [0.1, 0.15) is 0 Å². The summed E-state index contributed by atoms with van der Waals surface area (Å²) in [7, 11) is 0. The fourth-order valence-corrected chi connectivity index (χ4v) is 2.99. The smallest absolute Gasteiger partial charge is 0.253 e. The van der Waals surface area contributed by atoms with E-state index in [2.05, 4.69) is 4.90 Å². The normalized spacial score (nSPS) is 21.3. The van der Waals surface area contributed by atoms with Crippen molar-refractivity contribution in [1.29, 1.82) is 0 Å². The van der Waals surface area contributed by atoms with Crippen LogP contribution in [-0.2, 0) is 0 Å². The average Bonchev–Trinajstić information content (AvgIpc) is 3.32. The summed E-state index contributed by atoms with van der Waals surface area (Å²) in [6.07, 6.45) is 2.17. The van der Waals surface area contributed by atoms with Gasteiger partial charge >= 0.3 is 0 Å². The van der Waals surface area contributed by atoms with Crippen LogP contribution in [0.5, 0.6) is 0 Å². The van der Waals surface area contributed by atoms with Gasteiger partial charge < -0.3 is 10.0 Å². The summed E-state index contributed by atoms with van der Waals surface area (Å²) in [5.74, 6) is 0.651. The van der Waals surface area contributed by atoms with Crippen molar-refractivity contribution in [3.05, 3.63) is 35.4 Å². The quantitative estimate of drug-likeness (QED) is 0.913. The zero-order valence-electron chi connectivity index (χ0n) is 12.7.